The fourth-order valence-corrected chi connectivity index (χ4v) is 2.55. The Kier molecular flexibility index (Phi) is 4.47. The molecule has 7 heteroatoms. The smallest absolute Gasteiger partial charge is 0.183 e. The van der Waals surface area contributed by atoms with Gasteiger partial charge in [-0.25, -0.2) is 23.1 Å². The van der Waals surface area contributed by atoms with Gasteiger partial charge in [0, 0.05) is 38.7 Å². The lowest BCUT2D eigenvalue weighted by Gasteiger charge is -2.33. The largest absolute Gasteiger partial charge is 0.352 e. The molecule has 1 saturated heterocycles. The van der Waals surface area contributed by atoms with Gasteiger partial charge in [0.2, 0.25) is 0 Å². The van der Waals surface area contributed by atoms with E-state index < -0.39 is 17.5 Å². The maximum absolute atomic E-state index is 14.0. The van der Waals surface area contributed by atoms with Gasteiger partial charge in [-0.3, -0.25) is 0 Å². The van der Waals surface area contributed by atoms with E-state index in [4.69, 9.17) is 0 Å². The van der Waals surface area contributed by atoms with Gasteiger partial charge < -0.3 is 9.80 Å². The van der Waals surface area contributed by atoms with Crippen LogP contribution < -0.4 is 4.90 Å². The summed E-state index contributed by atoms with van der Waals surface area (Å²) in [6.07, 6.45) is 1.20. The Balaban J connectivity index is 1.82. The zero-order chi connectivity index (χ0) is 16.4. The molecule has 2 aromatic rings. The Morgan fingerprint density at radius 3 is 2.48 bits per heavy atom. The second-order valence-electron chi connectivity index (χ2n) is 5.66. The number of likely N-dealkylation sites (N-methyl/N-ethyl adjacent to an activating group) is 1. The molecule has 0 unspecified atom stereocenters. The van der Waals surface area contributed by atoms with E-state index in [1.807, 2.05) is 11.9 Å². The monoisotopic (exact) mass is 322 g/mol. The Morgan fingerprint density at radius 1 is 1.04 bits per heavy atom. The molecule has 1 aromatic heterocycles. The van der Waals surface area contributed by atoms with Crippen LogP contribution in [0, 0.1) is 17.5 Å². The Labute approximate surface area is 132 Å². The molecule has 122 valence electrons. The predicted molar refractivity (Wildman–Crippen MR) is 80.9 cm³/mol. The van der Waals surface area contributed by atoms with Gasteiger partial charge in [0.25, 0.3) is 0 Å². The summed E-state index contributed by atoms with van der Waals surface area (Å²) in [6.45, 7) is 3.00. The standard InChI is InChI=1S/C16H17F3N4/c1-22-4-6-23(7-5-22)16-14(19)10-20-15(21-16)8-11-2-3-12(17)9-13(11)18/h2-3,9-10H,4-8H2,1H3. The molecule has 1 aromatic carbocycles. The molecule has 0 amide bonds. The molecule has 0 aliphatic carbocycles. The minimum atomic E-state index is -0.654. The molecule has 0 spiro atoms. The summed E-state index contributed by atoms with van der Waals surface area (Å²) in [5, 5.41) is 0. The van der Waals surface area contributed by atoms with Gasteiger partial charge >= 0.3 is 0 Å². The summed E-state index contributed by atoms with van der Waals surface area (Å²) >= 11 is 0. The summed E-state index contributed by atoms with van der Waals surface area (Å²) in [5.41, 5.74) is 0.280. The zero-order valence-corrected chi connectivity index (χ0v) is 12.8. The van der Waals surface area contributed by atoms with Crippen LogP contribution in [0.2, 0.25) is 0 Å². The fourth-order valence-electron chi connectivity index (χ4n) is 2.55. The highest BCUT2D eigenvalue weighted by Crippen LogP contribution is 2.19. The molecule has 0 saturated carbocycles. The number of anilines is 1. The highest BCUT2D eigenvalue weighted by Gasteiger charge is 2.20. The van der Waals surface area contributed by atoms with Crippen LogP contribution >= 0.6 is 0 Å². The van der Waals surface area contributed by atoms with Crippen molar-refractivity contribution >= 4 is 5.82 Å². The quantitative estimate of drug-likeness (QED) is 0.867. The van der Waals surface area contributed by atoms with E-state index in [-0.39, 0.29) is 17.8 Å². The zero-order valence-electron chi connectivity index (χ0n) is 12.8. The van der Waals surface area contributed by atoms with E-state index >= 15 is 0 Å². The van der Waals surface area contributed by atoms with Gasteiger partial charge in [0.05, 0.1) is 6.20 Å². The van der Waals surface area contributed by atoms with E-state index in [0.29, 0.717) is 18.9 Å². The highest BCUT2D eigenvalue weighted by molar-refractivity contribution is 5.40. The molecule has 1 fully saturated rings. The summed E-state index contributed by atoms with van der Waals surface area (Å²) in [5.74, 6) is -1.22. The van der Waals surface area contributed by atoms with Crippen LogP contribution in [0.4, 0.5) is 19.0 Å². The molecule has 0 N–H and O–H groups in total. The molecular weight excluding hydrogens is 305 g/mol. The molecule has 0 bridgehead atoms. The van der Waals surface area contributed by atoms with Crippen molar-refractivity contribution < 1.29 is 13.2 Å². The molecule has 1 aliphatic rings. The second kappa shape index (κ2) is 6.54. The number of hydrogen-bond acceptors (Lipinski definition) is 4. The number of rotatable bonds is 3. The van der Waals surface area contributed by atoms with Crippen LogP contribution in [0.15, 0.2) is 24.4 Å². The van der Waals surface area contributed by atoms with Gasteiger partial charge in [-0.2, -0.15) is 0 Å². The number of halogens is 3. The Morgan fingerprint density at radius 2 is 1.78 bits per heavy atom. The first-order chi connectivity index (χ1) is 11.0. The number of benzene rings is 1. The van der Waals surface area contributed by atoms with Crippen LogP contribution in [0.1, 0.15) is 11.4 Å². The molecule has 4 nitrogen and oxygen atoms in total. The first-order valence-electron chi connectivity index (χ1n) is 7.42. The molecule has 0 atom stereocenters. The van der Waals surface area contributed by atoms with Crippen molar-refractivity contribution in [3.05, 3.63) is 53.2 Å². The molecular formula is C16H17F3N4. The van der Waals surface area contributed by atoms with Gasteiger partial charge in [0.15, 0.2) is 11.6 Å². The summed E-state index contributed by atoms with van der Waals surface area (Å²) < 4.78 is 40.7. The van der Waals surface area contributed by atoms with Crippen molar-refractivity contribution in [2.24, 2.45) is 0 Å². The van der Waals surface area contributed by atoms with E-state index in [1.54, 1.807) is 0 Å². The lowest BCUT2D eigenvalue weighted by Crippen LogP contribution is -2.45. The van der Waals surface area contributed by atoms with Gasteiger partial charge in [-0.15, -0.1) is 0 Å². The first kappa shape index (κ1) is 15.7. The van der Waals surface area contributed by atoms with E-state index in [1.165, 1.54) is 12.1 Å². The average Bonchev–Trinajstić information content (AvgIpc) is 2.53. The summed E-state index contributed by atoms with van der Waals surface area (Å²) in [4.78, 5) is 12.2. The number of nitrogens with zero attached hydrogens (tertiary/aromatic N) is 4. The second-order valence-corrected chi connectivity index (χ2v) is 5.66. The highest BCUT2D eigenvalue weighted by atomic mass is 19.1. The van der Waals surface area contributed by atoms with Crippen molar-refractivity contribution in [2.75, 3.05) is 38.1 Å². The predicted octanol–water partition coefficient (Wildman–Crippen LogP) is 2.24. The lowest BCUT2D eigenvalue weighted by molar-refractivity contribution is 0.310. The van der Waals surface area contributed by atoms with Gasteiger partial charge in [-0.1, -0.05) is 6.07 Å². The van der Waals surface area contributed by atoms with Gasteiger partial charge in [0.1, 0.15) is 17.5 Å². The van der Waals surface area contributed by atoms with Gasteiger partial charge in [-0.05, 0) is 18.7 Å². The third-order valence-corrected chi connectivity index (χ3v) is 3.94. The molecule has 1 aliphatic heterocycles. The maximum Gasteiger partial charge on any atom is 0.183 e. The van der Waals surface area contributed by atoms with E-state index in [0.717, 1.165) is 25.4 Å². The van der Waals surface area contributed by atoms with Crippen LogP contribution in [0.5, 0.6) is 0 Å². The summed E-state index contributed by atoms with van der Waals surface area (Å²) in [6, 6.07) is 3.36. The third kappa shape index (κ3) is 3.61. The normalized spacial score (nSPS) is 15.9. The lowest BCUT2D eigenvalue weighted by atomic mass is 10.1. The van der Waals surface area contributed by atoms with Crippen molar-refractivity contribution in [2.45, 2.75) is 6.42 Å². The van der Waals surface area contributed by atoms with Crippen molar-refractivity contribution in [1.82, 2.24) is 14.9 Å². The Hall–Kier alpha value is -2.15. The van der Waals surface area contributed by atoms with Crippen LogP contribution in [-0.2, 0) is 6.42 Å². The fraction of sp³-hybridized carbons (Fsp3) is 0.375. The minimum absolute atomic E-state index is 0.0904. The van der Waals surface area contributed by atoms with Crippen molar-refractivity contribution in [3.8, 4) is 0 Å². The summed E-state index contributed by atoms with van der Waals surface area (Å²) in [7, 11) is 2.01. The Bertz CT molecular complexity index is 700. The molecule has 2 heterocycles. The van der Waals surface area contributed by atoms with Crippen LogP contribution in [-0.4, -0.2) is 48.1 Å². The first-order valence-corrected chi connectivity index (χ1v) is 7.42. The molecule has 23 heavy (non-hydrogen) atoms. The topological polar surface area (TPSA) is 32.3 Å². The number of hydrogen-bond donors (Lipinski definition) is 0. The average molecular weight is 322 g/mol. The molecule has 3 rings (SSSR count). The SMILES string of the molecule is CN1CCN(c2nc(Cc3ccc(F)cc3F)ncc2F)CC1. The van der Waals surface area contributed by atoms with Crippen LogP contribution in [0.3, 0.4) is 0 Å². The van der Waals surface area contributed by atoms with Crippen molar-refractivity contribution in [1.29, 1.82) is 0 Å². The van der Waals surface area contributed by atoms with Crippen LogP contribution in [0.25, 0.3) is 0 Å². The maximum atomic E-state index is 14.0. The number of piperazine rings is 1. The van der Waals surface area contributed by atoms with E-state index in [2.05, 4.69) is 14.9 Å². The van der Waals surface area contributed by atoms with E-state index in [9.17, 15) is 13.2 Å². The van der Waals surface area contributed by atoms with Crippen molar-refractivity contribution in [3.63, 3.8) is 0 Å². The third-order valence-electron chi connectivity index (χ3n) is 3.94. The molecule has 0 radical (unpaired) electrons. The minimum Gasteiger partial charge on any atom is -0.352 e. The number of aromatic nitrogens is 2.